The van der Waals surface area contributed by atoms with Gasteiger partial charge >= 0.3 is 0 Å². The molecule has 1 saturated heterocycles. The van der Waals surface area contributed by atoms with Crippen molar-refractivity contribution in [3.8, 4) is 0 Å². The molecule has 0 spiro atoms. The molecule has 0 bridgehead atoms. The van der Waals surface area contributed by atoms with E-state index in [0.29, 0.717) is 0 Å². The molecule has 0 aliphatic carbocycles. The fourth-order valence-electron chi connectivity index (χ4n) is 3.27. The Bertz CT molecular complexity index is 716. The molecule has 24 heavy (non-hydrogen) atoms. The first-order chi connectivity index (χ1) is 11.6. The lowest BCUT2D eigenvalue weighted by Crippen LogP contribution is -2.40. The fourth-order valence-corrected chi connectivity index (χ4v) is 3.72. The van der Waals surface area contributed by atoms with Crippen LogP contribution in [-0.2, 0) is 11.3 Å². The van der Waals surface area contributed by atoms with E-state index in [-0.39, 0.29) is 11.8 Å². The first kappa shape index (κ1) is 17.2. The SMILES string of the molecule is Cc1cccc(NC(=O)C2CCCN(Cc3cccc(Br)c3)C2)c1. The number of carbonyl (C=O) groups is 1. The summed E-state index contributed by atoms with van der Waals surface area (Å²) >= 11 is 3.52. The van der Waals surface area contributed by atoms with Gasteiger partial charge in [0.05, 0.1) is 5.92 Å². The maximum atomic E-state index is 12.6. The zero-order valence-electron chi connectivity index (χ0n) is 14.0. The fraction of sp³-hybridized carbons (Fsp3) is 0.350. The number of likely N-dealkylation sites (tertiary alicyclic amines) is 1. The number of rotatable bonds is 4. The van der Waals surface area contributed by atoms with Gasteiger partial charge < -0.3 is 5.32 Å². The summed E-state index contributed by atoms with van der Waals surface area (Å²) in [5.74, 6) is 0.200. The van der Waals surface area contributed by atoms with Crippen molar-refractivity contribution in [1.29, 1.82) is 0 Å². The van der Waals surface area contributed by atoms with E-state index >= 15 is 0 Å². The minimum absolute atomic E-state index is 0.0615. The number of nitrogens with one attached hydrogen (secondary N) is 1. The highest BCUT2D eigenvalue weighted by molar-refractivity contribution is 9.10. The van der Waals surface area contributed by atoms with Gasteiger partial charge in [-0.3, -0.25) is 9.69 Å². The van der Waals surface area contributed by atoms with Gasteiger partial charge in [0.1, 0.15) is 0 Å². The highest BCUT2D eigenvalue weighted by atomic mass is 79.9. The Kier molecular flexibility index (Phi) is 5.69. The van der Waals surface area contributed by atoms with E-state index in [1.165, 1.54) is 5.56 Å². The van der Waals surface area contributed by atoms with Crippen LogP contribution < -0.4 is 5.32 Å². The number of carbonyl (C=O) groups excluding carboxylic acids is 1. The maximum Gasteiger partial charge on any atom is 0.228 e. The Hall–Kier alpha value is -1.65. The third-order valence-electron chi connectivity index (χ3n) is 4.46. The molecule has 1 atom stereocenters. The monoisotopic (exact) mass is 386 g/mol. The average molecular weight is 387 g/mol. The molecule has 4 heteroatoms. The minimum Gasteiger partial charge on any atom is -0.326 e. The van der Waals surface area contributed by atoms with Gasteiger partial charge in [0.25, 0.3) is 0 Å². The van der Waals surface area contributed by atoms with Gasteiger partial charge in [-0.15, -0.1) is 0 Å². The van der Waals surface area contributed by atoms with Crippen LogP contribution in [0.15, 0.2) is 53.0 Å². The van der Waals surface area contributed by atoms with Gasteiger partial charge in [-0.05, 0) is 61.7 Å². The lowest BCUT2D eigenvalue weighted by atomic mass is 9.96. The molecule has 1 N–H and O–H groups in total. The third kappa shape index (κ3) is 4.68. The zero-order valence-corrected chi connectivity index (χ0v) is 15.6. The summed E-state index contributed by atoms with van der Waals surface area (Å²) in [4.78, 5) is 15.0. The summed E-state index contributed by atoms with van der Waals surface area (Å²) in [5, 5.41) is 3.07. The van der Waals surface area contributed by atoms with E-state index in [9.17, 15) is 4.79 Å². The number of halogens is 1. The van der Waals surface area contributed by atoms with Crippen LogP contribution >= 0.6 is 15.9 Å². The van der Waals surface area contributed by atoms with Crippen molar-refractivity contribution in [1.82, 2.24) is 4.90 Å². The van der Waals surface area contributed by atoms with E-state index in [0.717, 1.165) is 48.2 Å². The second-order valence-corrected chi connectivity index (χ2v) is 7.48. The molecule has 1 fully saturated rings. The molecule has 1 aliphatic heterocycles. The molecule has 1 heterocycles. The van der Waals surface area contributed by atoms with Crippen molar-refractivity contribution < 1.29 is 4.79 Å². The van der Waals surface area contributed by atoms with Crippen molar-refractivity contribution in [3.05, 3.63) is 64.1 Å². The van der Waals surface area contributed by atoms with Crippen molar-refractivity contribution >= 4 is 27.5 Å². The first-order valence-corrected chi connectivity index (χ1v) is 9.24. The predicted molar refractivity (Wildman–Crippen MR) is 102 cm³/mol. The largest absolute Gasteiger partial charge is 0.326 e. The van der Waals surface area contributed by atoms with Crippen LogP contribution in [0, 0.1) is 12.8 Å². The molecule has 126 valence electrons. The second-order valence-electron chi connectivity index (χ2n) is 6.56. The summed E-state index contributed by atoms with van der Waals surface area (Å²) in [7, 11) is 0. The number of benzene rings is 2. The molecule has 1 unspecified atom stereocenters. The Morgan fingerprint density at radius 1 is 1.25 bits per heavy atom. The van der Waals surface area contributed by atoms with E-state index in [1.54, 1.807) is 0 Å². The van der Waals surface area contributed by atoms with Crippen LogP contribution in [-0.4, -0.2) is 23.9 Å². The van der Waals surface area contributed by atoms with E-state index < -0.39 is 0 Å². The first-order valence-electron chi connectivity index (χ1n) is 8.44. The Balaban J connectivity index is 1.59. The normalized spacial score (nSPS) is 18.3. The highest BCUT2D eigenvalue weighted by Crippen LogP contribution is 2.22. The van der Waals surface area contributed by atoms with Gasteiger partial charge in [-0.1, -0.05) is 40.2 Å². The van der Waals surface area contributed by atoms with E-state index in [2.05, 4.69) is 44.3 Å². The lowest BCUT2D eigenvalue weighted by Gasteiger charge is -2.32. The third-order valence-corrected chi connectivity index (χ3v) is 4.95. The van der Waals surface area contributed by atoms with Gasteiger partial charge in [0.2, 0.25) is 5.91 Å². The van der Waals surface area contributed by atoms with Crippen LogP contribution in [0.4, 0.5) is 5.69 Å². The molecule has 2 aromatic carbocycles. The Labute approximate surface area is 152 Å². The highest BCUT2D eigenvalue weighted by Gasteiger charge is 2.25. The Morgan fingerprint density at radius 3 is 2.88 bits per heavy atom. The van der Waals surface area contributed by atoms with Crippen molar-refractivity contribution in [2.75, 3.05) is 18.4 Å². The second kappa shape index (κ2) is 7.95. The summed E-state index contributed by atoms with van der Waals surface area (Å²) in [6.45, 7) is 4.81. The van der Waals surface area contributed by atoms with Gasteiger partial charge in [-0.2, -0.15) is 0 Å². The molecule has 1 amide bonds. The standard InChI is InChI=1S/C20H23BrN2O/c1-15-5-2-9-19(11-15)22-20(24)17-7-4-10-23(14-17)13-16-6-3-8-18(21)12-16/h2-3,5-6,8-9,11-12,17H,4,7,10,13-14H2,1H3,(H,22,24). The molecule has 0 aromatic heterocycles. The number of anilines is 1. The summed E-state index contributed by atoms with van der Waals surface area (Å²) in [6, 6.07) is 16.4. The predicted octanol–water partition coefficient (Wildman–Crippen LogP) is 4.61. The summed E-state index contributed by atoms with van der Waals surface area (Å²) in [5.41, 5.74) is 3.33. The molecule has 3 rings (SSSR count). The van der Waals surface area contributed by atoms with Crippen molar-refractivity contribution in [2.45, 2.75) is 26.3 Å². The van der Waals surface area contributed by atoms with Gasteiger partial charge in [0.15, 0.2) is 0 Å². The zero-order chi connectivity index (χ0) is 16.9. The molecule has 3 nitrogen and oxygen atoms in total. The van der Waals surface area contributed by atoms with Crippen LogP contribution in [0.2, 0.25) is 0 Å². The van der Waals surface area contributed by atoms with Crippen LogP contribution in [0.5, 0.6) is 0 Å². The quantitative estimate of drug-likeness (QED) is 0.831. The Morgan fingerprint density at radius 2 is 2.08 bits per heavy atom. The number of piperidine rings is 1. The topological polar surface area (TPSA) is 32.3 Å². The molecule has 2 aromatic rings. The molecular weight excluding hydrogens is 364 g/mol. The number of hydrogen-bond acceptors (Lipinski definition) is 2. The summed E-state index contributed by atoms with van der Waals surface area (Å²) < 4.78 is 1.10. The lowest BCUT2D eigenvalue weighted by molar-refractivity contribution is -0.121. The average Bonchev–Trinajstić information content (AvgIpc) is 2.55. The van der Waals surface area contributed by atoms with Crippen LogP contribution in [0.3, 0.4) is 0 Å². The molecule has 0 radical (unpaired) electrons. The molecule has 1 aliphatic rings. The smallest absolute Gasteiger partial charge is 0.228 e. The molecular formula is C20H23BrN2O. The maximum absolute atomic E-state index is 12.6. The van der Waals surface area contributed by atoms with Crippen molar-refractivity contribution in [3.63, 3.8) is 0 Å². The summed E-state index contributed by atoms with van der Waals surface area (Å²) in [6.07, 6.45) is 2.03. The van der Waals surface area contributed by atoms with Crippen LogP contribution in [0.25, 0.3) is 0 Å². The van der Waals surface area contributed by atoms with Gasteiger partial charge in [0, 0.05) is 23.2 Å². The number of hydrogen-bond donors (Lipinski definition) is 1. The van der Waals surface area contributed by atoms with Crippen molar-refractivity contribution in [2.24, 2.45) is 5.92 Å². The number of nitrogens with zero attached hydrogens (tertiary/aromatic N) is 1. The minimum atomic E-state index is 0.0615. The van der Waals surface area contributed by atoms with E-state index in [1.807, 2.05) is 37.3 Å². The number of aryl methyl sites for hydroxylation is 1. The molecule has 0 saturated carbocycles. The van der Waals surface area contributed by atoms with Crippen LogP contribution in [0.1, 0.15) is 24.0 Å². The number of amides is 1. The van der Waals surface area contributed by atoms with Gasteiger partial charge in [-0.25, -0.2) is 0 Å². The van der Waals surface area contributed by atoms with E-state index in [4.69, 9.17) is 0 Å².